The first-order valence-electron chi connectivity index (χ1n) is 10.1. The molecule has 30 heavy (non-hydrogen) atoms. The SMILES string of the molecule is CC.COc1cc(N2CCN(C(=O)CNc3nccc(C)c3C=N)CC2)ccc1Cl. The zero-order valence-electron chi connectivity index (χ0n) is 18.0. The predicted molar refractivity (Wildman–Crippen MR) is 123 cm³/mol. The van der Waals surface area contributed by atoms with E-state index < -0.39 is 0 Å². The molecule has 0 aliphatic carbocycles. The van der Waals surface area contributed by atoms with Crippen LogP contribution >= 0.6 is 11.6 Å². The van der Waals surface area contributed by atoms with E-state index in [0.717, 1.165) is 24.3 Å². The lowest BCUT2D eigenvalue weighted by atomic mass is 10.1. The maximum atomic E-state index is 12.6. The largest absolute Gasteiger partial charge is 0.495 e. The van der Waals surface area contributed by atoms with Gasteiger partial charge in [-0.25, -0.2) is 4.98 Å². The van der Waals surface area contributed by atoms with Gasteiger partial charge in [-0.2, -0.15) is 0 Å². The number of rotatable bonds is 6. The third-order valence-electron chi connectivity index (χ3n) is 4.89. The third kappa shape index (κ3) is 5.63. The average molecular weight is 432 g/mol. The van der Waals surface area contributed by atoms with E-state index in [1.807, 2.05) is 49.9 Å². The van der Waals surface area contributed by atoms with Gasteiger partial charge < -0.3 is 25.3 Å². The van der Waals surface area contributed by atoms with E-state index in [1.54, 1.807) is 13.3 Å². The molecule has 0 spiro atoms. The zero-order valence-corrected chi connectivity index (χ0v) is 18.8. The Morgan fingerprint density at radius 1 is 1.27 bits per heavy atom. The quantitative estimate of drug-likeness (QED) is 0.679. The minimum absolute atomic E-state index is 0.0209. The van der Waals surface area contributed by atoms with Crippen LogP contribution in [0.5, 0.6) is 5.75 Å². The maximum absolute atomic E-state index is 12.6. The summed E-state index contributed by atoms with van der Waals surface area (Å²) < 4.78 is 5.28. The molecular formula is C22H30ClN5O2. The molecular weight excluding hydrogens is 402 g/mol. The van der Waals surface area contributed by atoms with Crippen molar-refractivity contribution in [1.29, 1.82) is 5.41 Å². The molecule has 3 rings (SSSR count). The van der Waals surface area contributed by atoms with Gasteiger partial charge in [0.1, 0.15) is 11.6 Å². The van der Waals surface area contributed by atoms with Crippen molar-refractivity contribution in [1.82, 2.24) is 9.88 Å². The molecule has 0 unspecified atom stereocenters. The highest BCUT2D eigenvalue weighted by Gasteiger charge is 2.22. The highest BCUT2D eigenvalue weighted by atomic mass is 35.5. The third-order valence-corrected chi connectivity index (χ3v) is 5.20. The number of amides is 1. The number of carbonyl (C=O) groups excluding carboxylic acids is 1. The van der Waals surface area contributed by atoms with Crippen molar-refractivity contribution in [3.63, 3.8) is 0 Å². The maximum Gasteiger partial charge on any atom is 0.242 e. The predicted octanol–water partition coefficient (Wildman–Crippen LogP) is 3.84. The van der Waals surface area contributed by atoms with E-state index in [0.29, 0.717) is 35.2 Å². The Hall–Kier alpha value is -2.80. The number of nitrogens with zero attached hydrogens (tertiary/aromatic N) is 3. The fourth-order valence-corrected chi connectivity index (χ4v) is 3.42. The number of hydrogen-bond acceptors (Lipinski definition) is 6. The van der Waals surface area contributed by atoms with Gasteiger partial charge in [-0.3, -0.25) is 4.79 Å². The number of aryl methyl sites for hydroxylation is 1. The summed E-state index contributed by atoms with van der Waals surface area (Å²) in [5, 5.41) is 11.2. The molecule has 2 N–H and O–H groups in total. The van der Waals surface area contributed by atoms with Crippen LogP contribution in [0.3, 0.4) is 0 Å². The van der Waals surface area contributed by atoms with E-state index in [-0.39, 0.29) is 12.5 Å². The van der Waals surface area contributed by atoms with Crippen LogP contribution in [-0.4, -0.2) is 61.8 Å². The second kappa shape index (κ2) is 11.4. The summed E-state index contributed by atoms with van der Waals surface area (Å²) in [5.41, 5.74) is 2.69. The number of carbonyl (C=O) groups is 1. The zero-order chi connectivity index (χ0) is 22.1. The van der Waals surface area contributed by atoms with E-state index in [9.17, 15) is 4.79 Å². The molecule has 1 amide bonds. The first-order valence-corrected chi connectivity index (χ1v) is 10.5. The van der Waals surface area contributed by atoms with E-state index >= 15 is 0 Å². The minimum Gasteiger partial charge on any atom is -0.495 e. The van der Waals surface area contributed by atoms with Gasteiger partial charge in [-0.15, -0.1) is 0 Å². The number of methoxy groups -OCH3 is 1. The summed E-state index contributed by atoms with van der Waals surface area (Å²) in [6.45, 7) is 8.84. The molecule has 2 aromatic rings. The van der Waals surface area contributed by atoms with Crippen LogP contribution in [0.4, 0.5) is 11.5 Å². The van der Waals surface area contributed by atoms with Gasteiger partial charge in [-0.1, -0.05) is 25.4 Å². The molecule has 1 fully saturated rings. The monoisotopic (exact) mass is 431 g/mol. The van der Waals surface area contributed by atoms with Crippen LogP contribution in [-0.2, 0) is 4.79 Å². The molecule has 0 bridgehead atoms. The topological polar surface area (TPSA) is 81.6 Å². The van der Waals surface area contributed by atoms with Crippen LogP contribution in [0.2, 0.25) is 5.02 Å². The summed E-state index contributed by atoms with van der Waals surface area (Å²) >= 11 is 6.09. The van der Waals surface area contributed by atoms with Crippen molar-refractivity contribution in [2.45, 2.75) is 20.8 Å². The molecule has 1 aliphatic rings. The minimum atomic E-state index is 0.0209. The fourth-order valence-electron chi connectivity index (χ4n) is 3.22. The number of pyridine rings is 1. The number of ether oxygens (including phenoxy) is 1. The van der Waals surface area contributed by atoms with Crippen molar-refractivity contribution in [3.05, 3.63) is 46.6 Å². The molecule has 0 radical (unpaired) electrons. The molecule has 8 heteroatoms. The van der Waals surface area contributed by atoms with Gasteiger partial charge in [0.25, 0.3) is 0 Å². The molecule has 2 heterocycles. The molecule has 1 saturated heterocycles. The summed E-state index contributed by atoms with van der Waals surface area (Å²) in [4.78, 5) is 20.9. The number of piperazine rings is 1. The second-order valence-corrected chi connectivity index (χ2v) is 6.98. The van der Waals surface area contributed by atoms with Crippen molar-refractivity contribution >= 4 is 35.2 Å². The molecule has 0 saturated carbocycles. The lowest BCUT2D eigenvalue weighted by molar-refractivity contribution is -0.129. The lowest BCUT2D eigenvalue weighted by Crippen LogP contribution is -2.50. The fraction of sp³-hybridized carbons (Fsp3) is 0.409. The van der Waals surface area contributed by atoms with E-state index in [1.165, 1.54) is 6.21 Å². The number of nitrogens with one attached hydrogen (secondary N) is 2. The summed E-state index contributed by atoms with van der Waals surface area (Å²) in [6.07, 6.45) is 2.93. The van der Waals surface area contributed by atoms with Crippen LogP contribution in [0.1, 0.15) is 25.0 Å². The number of aromatic nitrogens is 1. The Labute approximate surface area is 183 Å². The summed E-state index contributed by atoms with van der Waals surface area (Å²) in [7, 11) is 1.60. The van der Waals surface area contributed by atoms with Crippen LogP contribution in [0.25, 0.3) is 0 Å². The standard InChI is InChI=1S/C20H24ClN5O2.C2H6/c1-14-5-6-23-20(16(14)12-22)24-13-19(27)26-9-7-25(8-10-26)15-3-4-17(21)18(11-15)28-2;1-2/h3-6,11-12,22H,7-10,13H2,1-2H3,(H,23,24);1-2H3. The van der Waals surface area contributed by atoms with Crippen molar-refractivity contribution in [2.75, 3.05) is 50.1 Å². The van der Waals surface area contributed by atoms with Gasteiger partial charge >= 0.3 is 0 Å². The molecule has 1 aliphatic heterocycles. The Balaban J connectivity index is 0.00000155. The first-order chi connectivity index (χ1) is 14.5. The second-order valence-electron chi connectivity index (χ2n) is 6.57. The van der Waals surface area contributed by atoms with E-state index in [2.05, 4.69) is 15.2 Å². The number of anilines is 2. The average Bonchev–Trinajstić information content (AvgIpc) is 2.79. The van der Waals surface area contributed by atoms with Gasteiger partial charge in [0.15, 0.2) is 0 Å². The number of hydrogen-bond donors (Lipinski definition) is 2. The van der Waals surface area contributed by atoms with Crippen LogP contribution in [0.15, 0.2) is 30.5 Å². The highest BCUT2D eigenvalue weighted by Crippen LogP contribution is 2.29. The van der Waals surface area contributed by atoms with Gasteiger partial charge in [-0.05, 0) is 30.7 Å². The van der Waals surface area contributed by atoms with Gasteiger partial charge in [0, 0.05) is 55.9 Å². The Bertz CT molecular complexity index is 867. The Morgan fingerprint density at radius 2 is 1.97 bits per heavy atom. The van der Waals surface area contributed by atoms with Crippen molar-refractivity contribution in [2.24, 2.45) is 0 Å². The normalized spacial score (nSPS) is 13.2. The molecule has 1 aromatic carbocycles. The number of halogens is 1. The molecule has 7 nitrogen and oxygen atoms in total. The van der Waals surface area contributed by atoms with Crippen molar-refractivity contribution < 1.29 is 9.53 Å². The van der Waals surface area contributed by atoms with Crippen molar-refractivity contribution in [3.8, 4) is 5.75 Å². The van der Waals surface area contributed by atoms with Crippen LogP contribution < -0.4 is 15.0 Å². The first kappa shape index (κ1) is 23.5. The Kier molecular flexibility index (Phi) is 8.92. The summed E-state index contributed by atoms with van der Waals surface area (Å²) in [5.74, 6) is 1.23. The molecule has 0 atom stereocenters. The lowest BCUT2D eigenvalue weighted by Gasteiger charge is -2.36. The highest BCUT2D eigenvalue weighted by molar-refractivity contribution is 6.32. The summed E-state index contributed by atoms with van der Waals surface area (Å²) in [6, 6.07) is 7.56. The smallest absolute Gasteiger partial charge is 0.242 e. The number of benzene rings is 1. The van der Waals surface area contributed by atoms with Gasteiger partial charge in [0.05, 0.1) is 18.7 Å². The van der Waals surface area contributed by atoms with E-state index in [4.69, 9.17) is 21.7 Å². The van der Waals surface area contributed by atoms with Gasteiger partial charge in [0.2, 0.25) is 5.91 Å². The van der Waals surface area contributed by atoms with Crippen LogP contribution in [0, 0.1) is 12.3 Å². The Morgan fingerprint density at radius 3 is 2.60 bits per heavy atom. The molecule has 162 valence electrons. The molecule has 1 aromatic heterocycles.